The van der Waals surface area contributed by atoms with Crippen molar-refractivity contribution in [2.75, 3.05) is 13.1 Å². The summed E-state index contributed by atoms with van der Waals surface area (Å²) in [6.45, 7) is 2.21. The maximum Gasteiger partial charge on any atom is 0.250 e. The predicted octanol–water partition coefficient (Wildman–Crippen LogP) is 1.47. The molecule has 132 valence electrons. The van der Waals surface area contributed by atoms with Crippen molar-refractivity contribution in [2.45, 2.75) is 31.6 Å². The van der Waals surface area contributed by atoms with Crippen molar-refractivity contribution in [1.82, 2.24) is 9.88 Å². The van der Waals surface area contributed by atoms with Crippen molar-refractivity contribution < 1.29 is 14.6 Å². The molecular formula is C19H23N3O3. The number of likely N-dealkylation sites (tertiary alicyclic amines) is 1. The highest BCUT2D eigenvalue weighted by Crippen LogP contribution is 2.23. The van der Waals surface area contributed by atoms with Crippen LogP contribution in [0.1, 0.15) is 24.1 Å². The normalized spacial score (nSPS) is 21.0. The Bertz CT molecular complexity index is 706. The number of rotatable bonds is 6. The van der Waals surface area contributed by atoms with Crippen LogP contribution in [0.4, 0.5) is 0 Å². The number of nitrogens with two attached hydrogens (primary N) is 1. The molecule has 1 atom stereocenters. The lowest BCUT2D eigenvalue weighted by Crippen LogP contribution is -2.55. The van der Waals surface area contributed by atoms with Gasteiger partial charge in [-0.2, -0.15) is 0 Å². The molecule has 25 heavy (non-hydrogen) atoms. The number of ether oxygens (including phenoxy) is 1. The van der Waals surface area contributed by atoms with Crippen LogP contribution in [0.25, 0.3) is 0 Å². The quantitative estimate of drug-likeness (QED) is 0.831. The van der Waals surface area contributed by atoms with E-state index in [2.05, 4.69) is 9.88 Å². The minimum absolute atomic E-state index is 0.278. The van der Waals surface area contributed by atoms with Gasteiger partial charge in [-0.05, 0) is 49.2 Å². The van der Waals surface area contributed by atoms with Crippen LogP contribution in [-0.4, -0.2) is 39.6 Å². The number of aromatic nitrogens is 1. The molecule has 1 saturated heterocycles. The maximum atomic E-state index is 11.4. The van der Waals surface area contributed by atoms with E-state index in [1.807, 2.05) is 42.5 Å². The molecule has 1 aromatic carbocycles. The Hall–Kier alpha value is -2.44. The number of nitrogens with zero attached hydrogens (tertiary/aromatic N) is 2. The van der Waals surface area contributed by atoms with E-state index in [0.717, 1.165) is 30.0 Å². The van der Waals surface area contributed by atoms with Crippen molar-refractivity contribution in [3.05, 3.63) is 59.9 Å². The van der Waals surface area contributed by atoms with Gasteiger partial charge < -0.3 is 15.6 Å². The summed E-state index contributed by atoms with van der Waals surface area (Å²) in [5.41, 5.74) is 5.88. The first-order valence-electron chi connectivity index (χ1n) is 8.41. The highest BCUT2D eigenvalue weighted by atomic mass is 16.5. The Morgan fingerprint density at radius 2 is 2.08 bits per heavy atom. The lowest BCUT2D eigenvalue weighted by molar-refractivity contribution is -0.142. The van der Waals surface area contributed by atoms with Crippen LogP contribution in [0.5, 0.6) is 5.75 Å². The van der Waals surface area contributed by atoms with Crippen LogP contribution >= 0.6 is 0 Å². The molecule has 1 aliphatic heterocycles. The third kappa shape index (κ3) is 4.55. The standard InChI is InChI=1S/C19H23N3O3/c20-18(23)19(24)9-3-11-22(14-19)12-15-5-7-17(8-6-15)25-13-16-4-1-2-10-21-16/h1-2,4-8,10,24H,3,9,11-14H2,(H2,20,23)/t19-/m0/s1. The Morgan fingerprint density at radius 3 is 2.76 bits per heavy atom. The molecule has 0 saturated carbocycles. The lowest BCUT2D eigenvalue weighted by atomic mass is 9.92. The number of benzene rings is 1. The molecule has 1 fully saturated rings. The number of primary amides is 1. The van der Waals surface area contributed by atoms with Gasteiger partial charge in [-0.1, -0.05) is 18.2 Å². The van der Waals surface area contributed by atoms with Crippen molar-refractivity contribution >= 4 is 5.91 Å². The summed E-state index contributed by atoms with van der Waals surface area (Å²) in [6.07, 6.45) is 2.93. The van der Waals surface area contributed by atoms with Crippen LogP contribution in [0.15, 0.2) is 48.7 Å². The van der Waals surface area contributed by atoms with Gasteiger partial charge in [-0.25, -0.2) is 0 Å². The first kappa shape index (κ1) is 17.4. The number of amides is 1. The third-order valence-electron chi connectivity index (χ3n) is 4.45. The molecule has 0 bridgehead atoms. The average Bonchev–Trinajstić information content (AvgIpc) is 2.62. The molecule has 1 amide bonds. The number of hydrogen-bond acceptors (Lipinski definition) is 5. The fourth-order valence-corrected chi connectivity index (χ4v) is 3.05. The van der Waals surface area contributed by atoms with E-state index in [4.69, 9.17) is 10.5 Å². The second-order valence-corrected chi connectivity index (χ2v) is 6.46. The average molecular weight is 341 g/mol. The molecule has 3 N–H and O–H groups in total. The number of aliphatic hydroxyl groups is 1. The van der Waals surface area contributed by atoms with Crippen LogP contribution in [0, 0.1) is 0 Å². The highest BCUT2D eigenvalue weighted by molar-refractivity contribution is 5.83. The van der Waals surface area contributed by atoms with E-state index in [0.29, 0.717) is 19.6 Å². The van der Waals surface area contributed by atoms with Crippen molar-refractivity contribution in [2.24, 2.45) is 5.73 Å². The zero-order valence-electron chi connectivity index (χ0n) is 14.1. The van der Waals surface area contributed by atoms with Gasteiger partial charge in [0.25, 0.3) is 5.91 Å². The van der Waals surface area contributed by atoms with Gasteiger partial charge in [0.05, 0.1) is 5.69 Å². The minimum Gasteiger partial charge on any atom is -0.487 e. The summed E-state index contributed by atoms with van der Waals surface area (Å²) in [5.74, 6) is 0.136. The highest BCUT2D eigenvalue weighted by Gasteiger charge is 2.38. The number of carbonyl (C=O) groups excluding carboxylic acids is 1. The summed E-state index contributed by atoms with van der Waals surface area (Å²) < 4.78 is 5.72. The SMILES string of the molecule is NC(=O)[C@]1(O)CCCN(Cc2ccc(OCc3ccccn3)cc2)C1. The second kappa shape index (κ2) is 7.63. The summed E-state index contributed by atoms with van der Waals surface area (Å²) in [7, 11) is 0. The lowest BCUT2D eigenvalue weighted by Gasteiger charge is -2.37. The molecule has 2 aromatic rings. The Morgan fingerprint density at radius 1 is 1.28 bits per heavy atom. The minimum atomic E-state index is -1.41. The monoisotopic (exact) mass is 341 g/mol. The smallest absolute Gasteiger partial charge is 0.250 e. The van der Waals surface area contributed by atoms with Gasteiger partial charge in [-0.15, -0.1) is 0 Å². The van der Waals surface area contributed by atoms with Crippen LogP contribution in [-0.2, 0) is 17.9 Å². The zero-order chi connectivity index (χ0) is 17.7. The molecule has 6 heteroatoms. The Balaban J connectivity index is 1.55. The molecular weight excluding hydrogens is 318 g/mol. The number of pyridine rings is 1. The van der Waals surface area contributed by atoms with E-state index in [1.165, 1.54) is 0 Å². The van der Waals surface area contributed by atoms with Crippen molar-refractivity contribution in [3.63, 3.8) is 0 Å². The van der Waals surface area contributed by atoms with E-state index < -0.39 is 11.5 Å². The zero-order valence-corrected chi connectivity index (χ0v) is 14.1. The van der Waals surface area contributed by atoms with Gasteiger partial charge >= 0.3 is 0 Å². The third-order valence-corrected chi connectivity index (χ3v) is 4.45. The summed E-state index contributed by atoms with van der Waals surface area (Å²) >= 11 is 0. The predicted molar refractivity (Wildman–Crippen MR) is 93.7 cm³/mol. The van der Waals surface area contributed by atoms with Gasteiger partial charge in [-0.3, -0.25) is 14.7 Å². The number of hydrogen-bond donors (Lipinski definition) is 2. The van der Waals surface area contributed by atoms with E-state index in [1.54, 1.807) is 6.20 Å². The largest absolute Gasteiger partial charge is 0.487 e. The maximum absolute atomic E-state index is 11.4. The van der Waals surface area contributed by atoms with Crippen LogP contribution in [0.2, 0.25) is 0 Å². The van der Waals surface area contributed by atoms with E-state index in [9.17, 15) is 9.90 Å². The fourth-order valence-electron chi connectivity index (χ4n) is 3.05. The number of piperidine rings is 1. The fraction of sp³-hybridized carbons (Fsp3) is 0.368. The van der Waals surface area contributed by atoms with E-state index in [-0.39, 0.29) is 6.54 Å². The molecule has 0 unspecified atom stereocenters. The van der Waals surface area contributed by atoms with Gasteiger partial charge in [0.15, 0.2) is 5.60 Å². The molecule has 0 spiro atoms. The Labute approximate surface area is 147 Å². The van der Waals surface area contributed by atoms with Gasteiger partial charge in [0, 0.05) is 19.3 Å². The molecule has 0 radical (unpaired) electrons. The van der Waals surface area contributed by atoms with Gasteiger partial charge in [0.1, 0.15) is 12.4 Å². The summed E-state index contributed by atoms with van der Waals surface area (Å²) in [6, 6.07) is 13.5. The van der Waals surface area contributed by atoms with Gasteiger partial charge in [0.2, 0.25) is 0 Å². The Kier molecular flexibility index (Phi) is 5.31. The first-order chi connectivity index (χ1) is 12.0. The molecule has 0 aliphatic carbocycles. The molecule has 1 aliphatic rings. The van der Waals surface area contributed by atoms with Crippen molar-refractivity contribution in [3.8, 4) is 5.75 Å². The van der Waals surface area contributed by atoms with Crippen molar-refractivity contribution in [1.29, 1.82) is 0 Å². The van der Waals surface area contributed by atoms with Crippen LogP contribution < -0.4 is 10.5 Å². The number of carbonyl (C=O) groups is 1. The molecule has 2 heterocycles. The topological polar surface area (TPSA) is 88.7 Å². The summed E-state index contributed by atoms with van der Waals surface area (Å²) in [5, 5.41) is 10.3. The molecule has 3 rings (SSSR count). The first-order valence-corrected chi connectivity index (χ1v) is 8.41. The molecule has 6 nitrogen and oxygen atoms in total. The van der Waals surface area contributed by atoms with Crippen LogP contribution in [0.3, 0.4) is 0 Å². The number of β-amino-alcohol motifs (C(OH)–C–C–N with tert-alkyl or cyclic N) is 1. The summed E-state index contributed by atoms with van der Waals surface area (Å²) in [4.78, 5) is 17.7. The van der Waals surface area contributed by atoms with E-state index >= 15 is 0 Å². The second-order valence-electron chi connectivity index (χ2n) is 6.46. The molecule has 1 aromatic heterocycles.